The van der Waals surface area contributed by atoms with Crippen LogP contribution in [0.4, 0.5) is 5.88 Å². The number of halogens is 1. The summed E-state index contributed by atoms with van der Waals surface area (Å²) < 4.78 is 16.2. The van der Waals surface area contributed by atoms with E-state index in [1.807, 2.05) is 48.5 Å². The van der Waals surface area contributed by atoms with Gasteiger partial charge in [0.2, 0.25) is 17.5 Å². The maximum Gasteiger partial charge on any atom is 0.232 e. The number of oxazole rings is 1. The molecule has 6 nitrogen and oxygen atoms in total. The Morgan fingerprint density at radius 3 is 2.64 bits per heavy atom. The maximum absolute atomic E-state index is 9.30. The van der Waals surface area contributed by atoms with E-state index >= 15 is 0 Å². The second-order valence-corrected chi connectivity index (χ2v) is 6.14. The second kappa shape index (κ2) is 8.98. The van der Waals surface area contributed by atoms with Crippen LogP contribution in [0.15, 0.2) is 46.9 Å². The molecule has 0 saturated heterocycles. The number of hydrogen-bond acceptors (Lipinski definition) is 6. The van der Waals surface area contributed by atoms with Crippen molar-refractivity contribution in [2.75, 3.05) is 19.5 Å². The zero-order chi connectivity index (χ0) is 19.9. The Morgan fingerprint density at radius 2 is 1.93 bits per heavy atom. The number of ether oxygens (including phenoxy) is 2. The summed E-state index contributed by atoms with van der Waals surface area (Å²) in [6, 6.07) is 15.0. The van der Waals surface area contributed by atoms with E-state index in [4.69, 9.17) is 25.5 Å². The Balaban J connectivity index is 1.76. The Labute approximate surface area is 168 Å². The first-order valence-electron chi connectivity index (χ1n) is 8.43. The highest BCUT2D eigenvalue weighted by Crippen LogP contribution is 2.28. The number of nitrogens with zero attached hydrogens (tertiary/aromatic N) is 2. The van der Waals surface area contributed by atoms with E-state index < -0.39 is 0 Å². The summed E-state index contributed by atoms with van der Waals surface area (Å²) in [7, 11) is 3.16. The molecule has 142 valence electrons. The minimum absolute atomic E-state index is 0.180. The minimum Gasteiger partial charge on any atom is -0.493 e. The van der Waals surface area contributed by atoms with E-state index in [1.54, 1.807) is 26.4 Å². The number of anilines is 1. The molecule has 0 unspecified atom stereocenters. The highest BCUT2D eigenvalue weighted by atomic mass is 35.5. The molecule has 7 heteroatoms. The van der Waals surface area contributed by atoms with Gasteiger partial charge >= 0.3 is 0 Å². The first kappa shape index (κ1) is 19.3. The molecule has 0 amide bonds. The average Bonchev–Trinajstić information content (AvgIpc) is 3.13. The van der Waals surface area contributed by atoms with Gasteiger partial charge in [-0.05, 0) is 35.4 Å². The van der Waals surface area contributed by atoms with E-state index in [-0.39, 0.29) is 5.69 Å². The summed E-state index contributed by atoms with van der Waals surface area (Å²) >= 11 is 6.15. The summed E-state index contributed by atoms with van der Waals surface area (Å²) in [4.78, 5) is 4.19. The number of aromatic nitrogens is 1. The van der Waals surface area contributed by atoms with Gasteiger partial charge in [0.1, 0.15) is 6.07 Å². The molecule has 2 aromatic carbocycles. The van der Waals surface area contributed by atoms with Gasteiger partial charge < -0.3 is 19.2 Å². The summed E-state index contributed by atoms with van der Waals surface area (Å²) in [6.45, 7) is 0.419. The fourth-order valence-corrected chi connectivity index (χ4v) is 2.75. The molecular formula is C21H18ClN3O3. The van der Waals surface area contributed by atoms with Crippen molar-refractivity contribution in [1.82, 2.24) is 4.98 Å². The van der Waals surface area contributed by atoms with Crippen molar-refractivity contribution in [1.29, 1.82) is 5.26 Å². The van der Waals surface area contributed by atoms with Crippen LogP contribution in [-0.2, 0) is 6.54 Å². The number of hydrogen-bond donors (Lipinski definition) is 1. The largest absolute Gasteiger partial charge is 0.493 e. The second-order valence-electron chi connectivity index (χ2n) is 5.73. The molecule has 0 bridgehead atoms. The minimum atomic E-state index is 0.180. The lowest BCUT2D eigenvalue weighted by Gasteiger charge is -2.07. The van der Waals surface area contributed by atoms with Gasteiger partial charge in [-0.3, -0.25) is 0 Å². The zero-order valence-corrected chi connectivity index (χ0v) is 16.2. The van der Waals surface area contributed by atoms with Gasteiger partial charge in [0, 0.05) is 17.6 Å². The molecule has 0 saturated carbocycles. The van der Waals surface area contributed by atoms with E-state index in [1.165, 1.54) is 0 Å². The van der Waals surface area contributed by atoms with Crippen LogP contribution in [0.2, 0.25) is 5.02 Å². The van der Waals surface area contributed by atoms with Crippen LogP contribution in [0.25, 0.3) is 12.2 Å². The normalized spacial score (nSPS) is 10.6. The third-order valence-electron chi connectivity index (χ3n) is 3.97. The van der Waals surface area contributed by atoms with Crippen LogP contribution in [0, 0.1) is 11.3 Å². The molecule has 0 aliphatic heterocycles. The Morgan fingerprint density at radius 1 is 1.14 bits per heavy atom. The lowest BCUT2D eigenvalue weighted by atomic mass is 10.2. The van der Waals surface area contributed by atoms with E-state index in [9.17, 15) is 5.26 Å². The van der Waals surface area contributed by atoms with E-state index in [0.717, 1.165) is 11.1 Å². The van der Waals surface area contributed by atoms with Crippen molar-refractivity contribution >= 4 is 29.6 Å². The molecular weight excluding hydrogens is 378 g/mol. The van der Waals surface area contributed by atoms with Crippen LogP contribution in [0.3, 0.4) is 0 Å². The molecule has 0 aliphatic rings. The van der Waals surface area contributed by atoms with Crippen molar-refractivity contribution in [2.45, 2.75) is 6.54 Å². The molecule has 0 fully saturated rings. The third kappa shape index (κ3) is 4.45. The fourth-order valence-electron chi connectivity index (χ4n) is 2.54. The smallest absolute Gasteiger partial charge is 0.232 e. The van der Waals surface area contributed by atoms with Crippen LogP contribution in [-0.4, -0.2) is 19.2 Å². The predicted molar refractivity (Wildman–Crippen MR) is 108 cm³/mol. The van der Waals surface area contributed by atoms with Crippen molar-refractivity contribution in [3.8, 4) is 17.6 Å². The lowest BCUT2D eigenvalue weighted by molar-refractivity contribution is 0.355. The first-order valence-corrected chi connectivity index (χ1v) is 8.80. The predicted octanol–water partition coefficient (Wildman–Crippen LogP) is 5.00. The van der Waals surface area contributed by atoms with Gasteiger partial charge in [-0.1, -0.05) is 35.9 Å². The highest BCUT2D eigenvalue weighted by Gasteiger charge is 2.12. The lowest BCUT2D eigenvalue weighted by Crippen LogP contribution is -2.00. The maximum atomic E-state index is 9.30. The molecule has 1 heterocycles. The molecule has 3 rings (SSSR count). The number of nitrogens with one attached hydrogen (secondary N) is 1. The van der Waals surface area contributed by atoms with Crippen molar-refractivity contribution < 1.29 is 13.9 Å². The Kier molecular flexibility index (Phi) is 6.20. The molecule has 28 heavy (non-hydrogen) atoms. The summed E-state index contributed by atoms with van der Waals surface area (Å²) in [6.07, 6.45) is 3.50. The molecule has 1 N–H and O–H groups in total. The Bertz CT molecular complexity index is 1040. The van der Waals surface area contributed by atoms with Crippen molar-refractivity contribution in [2.24, 2.45) is 0 Å². The van der Waals surface area contributed by atoms with Crippen molar-refractivity contribution in [3.05, 3.63) is 70.2 Å². The zero-order valence-electron chi connectivity index (χ0n) is 15.4. The summed E-state index contributed by atoms with van der Waals surface area (Å²) in [5, 5.41) is 13.0. The quantitative estimate of drug-likeness (QED) is 0.606. The number of benzene rings is 2. The fraction of sp³-hybridized carbons (Fsp3) is 0.143. The topological polar surface area (TPSA) is 80.3 Å². The summed E-state index contributed by atoms with van der Waals surface area (Å²) in [5.41, 5.74) is 1.95. The molecule has 0 spiro atoms. The molecule has 0 aliphatic carbocycles. The number of rotatable bonds is 7. The van der Waals surface area contributed by atoms with E-state index in [0.29, 0.717) is 34.8 Å². The van der Waals surface area contributed by atoms with E-state index in [2.05, 4.69) is 10.3 Å². The van der Waals surface area contributed by atoms with Crippen LogP contribution < -0.4 is 14.8 Å². The molecule has 0 radical (unpaired) electrons. The first-order chi connectivity index (χ1) is 13.6. The van der Waals surface area contributed by atoms with Gasteiger partial charge in [-0.2, -0.15) is 10.2 Å². The van der Waals surface area contributed by atoms with Gasteiger partial charge in [0.05, 0.1) is 14.2 Å². The van der Waals surface area contributed by atoms with Gasteiger partial charge in [0.25, 0.3) is 0 Å². The third-order valence-corrected chi connectivity index (χ3v) is 4.34. The molecule has 1 aromatic heterocycles. The van der Waals surface area contributed by atoms with Crippen LogP contribution in [0.1, 0.15) is 22.7 Å². The molecule has 3 aromatic rings. The summed E-state index contributed by atoms with van der Waals surface area (Å²) in [5.74, 6) is 1.88. The molecule has 0 atom stereocenters. The standard InChI is InChI=1S/C21H18ClN3O3/c1-26-18-9-7-14(11-19(18)27-2)8-10-20-25-17(12-23)21(28-20)24-13-15-5-3-4-6-16(15)22/h3-11,24H,13H2,1-2H3. The van der Waals surface area contributed by atoms with Crippen LogP contribution >= 0.6 is 11.6 Å². The average molecular weight is 396 g/mol. The Hall–Kier alpha value is -3.43. The van der Waals surface area contributed by atoms with Crippen LogP contribution in [0.5, 0.6) is 11.5 Å². The van der Waals surface area contributed by atoms with Gasteiger partial charge in [0.15, 0.2) is 11.5 Å². The SMILES string of the molecule is COc1ccc(C=Cc2nc(C#N)c(NCc3ccccc3Cl)o2)cc1OC. The number of methoxy groups -OCH3 is 2. The van der Waals surface area contributed by atoms with Gasteiger partial charge in [-0.25, -0.2) is 0 Å². The van der Waals surface area contributed by atoms with Gasteiger partial charge in [-0.15, -0.1) is 0 Å². The number of nitriles is 1. The monoisotopic (exact) mass is 395 g/mol. The highest BCUT2D eigenvalue weighted by molar-refractivity contribution is 6.31. The van der Waals surface area contributed by atoms with Crippen molar-refractivity contribution in [3.63, 3.8) is 0 Å².